The van der Waals surface area contributed by atoms with Crippen LogP contribution in [0.25, 0.3) is 0 Å². The molecule has 0 atom stereocenters. The van der Waals surface area contributed by atoms with E-state index in [0.29, 0.717) is 5.75 Å². The number of nitrogens with one attached hydrogen (secondary N) is 1. The van der Waals surface area contributed by atoms with Crippen molar-refractivity contribution in [3.8, 4) is 5.75 Å². The highest BCUT2D eigenvalue weighted by atomic mass is 19.1. The lowest BCUT2D eigenvalue weighted by Crippen LogP contribution is -2.36. The number of amides is 1. The van der Waals surface area contributed by atoms with E-state index in [0.717, 1.165) is 0 Å². The minimum absolute atomic E-state index is 0.184. The predicted molar refractivity (Wildman–Crippen MR) is 71.1 cm³/mol. The van der Waals surface area contributed by atoms with Gasteiger partial charge in [0.2, 0.25) is 0 Å². The van der Waals surface area contributed by atoms with Crippen LogP contribution in [0.3, 0.4) is 0 Å². The van der Waals surface area contributed by atoms with E-state index in [1.807, 2.05) is 0 Å². The van der Waals surface area contributed by atoms with Gasteiger partial charge in [0.05, 0.1) is 6.54 Å². The van der Waals surface area contributed by atoms with Gasteiger partial charge in [0.15, 0.2) is 5.78 Å². The van der Waals surface area contributed by atoms with Crippen molar-refractivity contribution in [1.82, 2.24) is 5.32 Å². The van der Waals surface area contributed by atoms with Gasteiger partial charge in [-0.25, -0.2) is 9.18 Å². The lowest BCUT2D eigenvalue weighted by molar-refractivity contribution is -0.120. The number of alkyl carbamates (subject to hydrolysis) is 1. The van der Waals surface area contributed by atoms with Crippen LogP contribution in [0.5, 0.6) is 5.75 Å². The van der Waals surface area contributed by atoms with Crippen molar-refractivity contribution < 1.29 is 23.5 Å². The van der Waals surface area contributed by atoms with Gasteiger partial charge in [0.25, 0.3) is 0 Å². The van der Waals surface area contributed by atoms with Crippen molar-refractivity contribution in [2.75, 3.05) is 13.2 Å². The molecule has 0 aliphatic carbocycles. The van der Waals surface area contributed by atoms with Gasteiger partial charge in [-0.15, -0.1) is 0 Å². The summed E-state index contributed by atoms with van der Waals surface area (Å²) < 4.78 is 22.8. The molecular formula is C14H18FNO4. The summed E-state index contributed by atoms with van der Waals surface area (Å²) in [6, 6.07) is 5.31. The van der Waals surface area contributed by atoms with E-state index in [1.54, 1.807) is 20.8 Å². The molecule has 1 amide bonds. The van der Waals surface area contributed by atoms with E-state index >= 15 is 0 Å². The van der Waals surface area contributed by atoms with Crippen LogP contribution >= 0.6 is 0 Å². The Labute approximate surface area is 117 Å². The lowest BCUT2D eigenvalue weighted by Gasteiger charge is -2.19. The Morgan fingerprint density at radius 2 is 1.80 bits per heavy atom. The van der Waals surface area contributed by atoms with Crippen molar-refractivity contribution >= 4 is 11.9 Å². The Balaban J connectivity index is 2.27. The van der Waals surface area contributed by atoms with E-state index in [-0.39, 0.29) is 24.8 Å². The Morgan fingerprint density at radius 1 is 1.20 bits per heavy atom. The third-order valence-electron chi connectivity index (χ3n) is 2.04. The maximum absolute atomic E-state index is 12.6. The number of ketones is 1. The summed E-state index contributed by atoms with van der Waals surface area (Å²) >= 11 is 0. The van der Waals surface area contributed by atoms with Gasteiger partial charge in [-0.1, -0.05) is 0 Å². The molecule has 6 heteroatoms. The average molecular weight is 283 g/mol. The first-order chi connectivity index (χ1) is 9.26. The molecule has 1 aromatic carbocycles. The standard InChI is InChI=1S/C14H18FNO4/c1-14(2,3)20-13(18)16-8-11(17)9-19-12-6-4-10(15)5-7-12/h4-7H,8-9H2,1-3H3,(H,16,18). The molecular weight excluding hydrogens is 265 g/mol. The second kappa shape index (κ2) is 6.88. The summed E-state index contributed by atoms with van der Waals surface area (Å²) in [4.78, 5) is 22.8. The van der Waals surface area contributed by atoms with Gasteiger partial charge < -0.3 is 14.8 Å². The van der Waals surface area contributed by atoms with Crippen LogP contribution in [0.15, 0.2) is 24.3 Å². The van der Waals surface area contributed by atoms with E-state index < -0.39 is 11.7 Å². The molecule has 1 aromatic rings. The molecule has 20 heavy (non-hydrogen) atoms. The molecule has 0 heterocycles. The Kier molecular flexibility index (Phi) is 5.49. The topological polar surface area (TPSA) is 64.6 Å². The number of rotatable bonds is 5. The number of hydrogen-bond acceptors (Lipinski definition) is 4. The fourth-order valence-electron chi connectivity index (χ4n) is 1.23. The average Bonchev–Trinajstić information content (AvgIpc) is 2.33. The molecule has 0 aliphatic rings. The van der Waals surface area contributed by atoms with Gasteiger partial charge in [-0.3, -0.25) is 4.79 Å². The predicted octanol–water partition coefficient (Wildman–Crippen LogP) is 2.30. The first kappa shape index (κ1) is 15.9. The van der Waals surface area contributed by atoms with Crippen LogP contribution in [0.4, 0.5) is 9.18 Å². The van der Waals surface area contributed by atoms with Crippen LogP contribution in [-0.4, -0.2) is 30.6 Å². The summed E-state index contributed by atoms with van der Waals surface area (Å²) in [6.07, 6.45) is -0.660. The molecule has 1 N–H and O–H groups in total. The number of carbonyl (C=O) groups excluding carboxylic acids is 2. The fourth-order valence-corrected chi connectivity index (χ4v) is 1.23. The second-order valence-corrected chi connectivity index (χ2v) is 5.14. The maximum atomic E-state index is 12.6. The van der Waals surface area contributed by atoms with Gasteiger partial charge in [-0.2, -0.15) is 0 Å². The highest BCUT2D eigenvalue weighted by Crippen LogP contribution is 2.10. The van der Waals surface area contributed by atoms with Gasteiger partial charge in [0.1, 0.15) is 23.8 Å². The summed E-state index contributed by atoms with van der Waals surface area (Å²) in [5, 5.41) is 2.33. The van der Waals surface area contributed by atoms with Gasteiger partial charge in [-0.05, 0) is 45.0 Å². The second-order valence-electron chi connectivity index (χ2n) is 5.14. The molecule has 0 aliphatic heterocycles. The first-order valence-corrected chi connectivity index (χ1v) is 6.13. The first-order valence-electron chi connectivity index (χ1n) is 6.13. The van der Waals surface area contributed by atoms with E-state index in [4.69, 9.17) is 9.47 Å². The molecule has 0 fully saturated rings. The Morgan fingerprint density at radius 3 is 2.35 bits per heavy atom. The summed E-state index contributed by atoms with van der Waals surface area (Å²) in [6.45, 7) is 4.79. The van der Waals surface area contributed by atoms with E-state index in [9.17, 15) is 14.0 Å². The zero-order valence-electron chi connectivity index (χ0n) is 11.7. The normalized spacial score (nSPS) is 10.8. The molecule has 110 valence electrons. The number of benzene rings is 1. The summed E-state index contributed by atoms with van der Waals surface area (Å²) in [7, 11) is 0. The van der Waals surface area contributed by atoms with Gasteiger partial charge in [0, 0.05) is 0 Å². The molecule has 0 saturated carbocycles. The zero-order valence-corrected chi connectivity index (χ0v) is 11.7. The quantitative estimate of drug-likeness (QED) is 0.900. The number of carbonyl (C=O) groups is 2. The van der Waals surface area contributed by atoms with Crippen LogP contribution in [0, 0.1) is 5.82 Å². The van der Waals surface area contributed by atoms with Crippen molar-refractivity contribution in [2.45, 2.75) is 26.4 Å². The summed E-state index contributed by atoms with van der Waals surface area (Å²) in [5.41, 5.74) is -0.613. The van der Waals surface area contributed by atoms with Crippen molar-refractivity contribution in [2.24, 2.45) is 0 Å². The maximum Gasteiger partial charge on any atom is 0.408 e. The molecule has 5 nitrogen and oxygen atoms in total. The number of hydrogen-bond donors (Lipinski definition) is 1. The molecule has 0 unspecified atom stereocenters. The van der Waals surface area contributed by atoms with Crippen LogP contribution in [0.1, 0.15) is 20.8 Å². The fraction of sp³-hybridized carbons (Fsp3) is 0.429. The van der Waals surface area contributed by atoms with E-state index in [1.165, 1.54) is 24.3 Å². The molecule has 0 bridgehead atoms. The zero-order chi connectivity index (χ0) is 15.2. The van der Waals surface area contributed by atoms with E-state index in [2.05, 4.69) is 5.32 Å². The SMILES string of the molecule is CC(C)(C)OC(=O)NCC(=O)COc1ccc(F)cc1. The molecule has 0 radical (unpaired) electrons. The minimum atomic E-state index is -0.660. The largest absolute Gasteiger partial charge is 0.486 e. The lowest BCUT2D eigenvalue weighted by atomic mass is 10.2. The minimum Gasteiger partial charge on any atom is -0.486 e. The number of ether oxygens (including phenoxy) is 2. The van der Waals surface area contributed by atoms with Crippen LogP contribution in [-0.2, 0) is 9.53 Å². The van der Waals surface area contributed by atoms with Gasteiger partial charge >= 0.3 is 6.09 Å². The van der Waals surface area contributed by atoms with Crippen molar-refractivity contribution in [3.05, 3.63) is 30.1 Å². The highest BCUT2D eigenvalue weighted by Gasteiger charge is 2.16. The summed E-state index contributed by atoms with van der Waals surface area (Å²) in [5.74, 6) is -0.313. The molecule has 1 rings (SSSR count). The van der Waals surface area contributed by atoms with Crippen LogP contribution in [0.2, 0.25) is 0 Å². The third kappa shape index (κ3) is 6.72. The number of Topliss-reactive ketones (excluding diaryl/α,β-unsaturated/α-hetero) is 1. The Bertz CT molecular complexity index is 465. The van der Waals surface area contributed by atoms with Crippen molar-refractivity contribution in [1.29, 1.82) is 0 Å². The van der Waals surface area contributed by atoms with Crippen molar-refractivity contribution in [3.63, 3.8) is 0 Å². The highest BCUT2D eigenvalue weighted by molar-refractivity contribution is 5.85. The molecule has 0 saturated heterocycles. The molecule has 0 aromatic heterocycles. The number of halogens is 1. The smallest absolute Gasteiger partial charge is 0.408 e. The van der Waals surface area contributed by atoms with Crippen LogP contribution < -0.4 is 10.1 Å². The molecule has 0 spiro atoms. The Hall–Kier alpha value is -2.11. The third-order valence-corrected chi connectivity index (χ3v) is 2.04. The monoisotopic (exact) mass is 283 g/mol.